The zero-order valence-electron chi connectivity index (χ0n) is 14.2. The third-order valence-corrected chi connectivity index (χ3v) is 5.87. The third kappa shape index (κ3) is 3.79. The average Bonchev–Trinajstić information content (AvgIpc) is 2.87. The zero-order valence-corrected chi connectivity index (χ0v) is 15.8. The van der Waals surface area contributed by atoms with E-state index < -0.39 is 11.0 Å². The Morgan fingerprint density at radius 1 is 1.35 bits per heavy atom. The predicted molar refractivity (Wildman–Crippen MR) is 99.9 cm³/mol. The zero-order chi connectivity index (χ0) is 17.1. The van der Waals surface area contributed by atoms with Crippen molar-refractivity contribution < 1.29 is 4.21 Å². The van der Waals surface area contributed by atoms with Gasteiger partial charge in [-0.05, 0) is 57.4 Å². The van der Waals surface area contributed by atoms with Gasteiger partial charge in [0.1, 0.15) is 0 Å². The molecule has 1 heterocycles. The van der Waals surface area contributed by atoms with Crippen LogP contribution in [0.3, 0.4) is 0 Å². The van der Waals surface area contributed by atoms with Crippen molar-refractivity contribution in [2.45, 2.75) is 39.5 Å². The van der Waals surface area contributed by atoms with E-state index in [4.69, 9.17) is 0 Å². The lowest BCUT2D eigenvalue weighted by atomic mass is 10.1. The van der Waals surface area contributed by atoms with E-state index in [0.717, 1.165) is 42.2 Å². The summed E-state index contributed by atoms with van der Waals surface area (Å²) in [6.45, 7) is 13.9. The van der Waals surface area contributed by atoms with Crippen LogP contribution >= 0.6 is 11.3 Å². The van der Waals surface area contributed by atoms with Gasteiger partial charge in [-0.1, -0.05) is 24.8 Å². The molecule has 23 heavy (non-hydrogen) atoms. The molecule has 0 fully saturated rings. The Bertz CT molecular complexity index is 894. The second-order valence-electron chi connectivity index (χ2n) is 5.46. The maximum Gasteiger partial charge on any atom is 0.150 e. The number of hydrogen-bond acceptors (Lipinski definition) is 3. The van der Waals surface area contributed by atoms with Crippen LogP contribution in [0.2, 0.25) is 0 Å². The third-order valence-electron chi connectivity index (χ3n) is 3.64. The van der Waals surface area contributed by atoms with Crippen molar-refractivity contribution in [2.24, 2.45) is 0 Å². The Kier molecular flexibility index (Phi) is 5.55. The van der Waals surface area contributed by atoms with Crippen molar-refractivity contribution in [3.63, 3.8) is 0 Å². The Labute approximate surface area is 144 Å². The van der Waals surface area contributed by atoms with Crippen molar-refractivity contribution >= 4 is 34.1 Å². The molecule has 1 N–H and O–H groups in total. The molecule has 5 heteroatoms. The predicted octanol–water partition coefficient (Wildman–Crippen LogP) is 2.87. The summed E-state index contributed by atoms with van der Waals surface area (Å²) in [6.07, 6.45) is 1.96. The van der Waals surface area contributed by atoms with E-state index in [-0.39, 0.29) is 0 Å². The molecule has 2 rings (SSSR count). The van der Waals surface area contributed by atoms with Crippen LogP contribution in [0.25, 0.3) is 11.8 Å². The second-order valence-corrected chi connectivity index (χ2v) is 7.84. The second kappa shape index (κ2) is 7.23. The van der Waals surface area contributed by atoms with Gasteiger partial charge in [0, 0.05) is 0 Å². The molecule has 0 aliphatic rings. The summed E-state index contributed by atoms with van der Waals surface area (Å²) in [5, 5.41) is 1.88. The fourth-order valence-electron chi connectivity index (χ4n) is 2.22. The van der Waals surface area contributed by atoms with Gasteiger partial charge in [0.2, 0.25) is 0 Å². The van der Waals surface area contributed by atoms with Gasteiger partial charge in [-0.15, -0.1) is 11.3 Å². The number of aryl methyl sites for hydroxylation is 2. The highest BCUT2D eigenvalue weighted by atomic mass is 32.2. The van der Waals surface area contributed by atoms with Crippen LogP contribution in [-0.2, 0) is 11.0 Å². The standard InChI is InChI=1S/C18H22N2OS2/c1-7-15-18(22-14(6)19-15)17(11(2)3)20-23(21)16-10-8-9-12(4)13(16)5/h7-10,20H,2H2,1,3-6H3/b15-7+,18-17-. The van der Waals surface area contributed by atoms with E-state index in [1.807, 2.05) is 58.9 Å². The van der Waals surface area contributed by atoms with E-state index in [0.29, 0.717) is 0 Å². The molecule has 1 aromatic heterocycles. The summed E-state index contributed by atoms with van der Waals surface area (Å²) in [7, 11) is -1.34. The van der Waals surface area contributed by atoms with Crippen LogP contribution < -0.4 is 14.6 Å². The maximum atomic E-state index is 12.8. The molecule has 1 aromatic carbocycles. The molecular formula is C18H22N2OS2. The lowest BCUT2D eigenvalue weighted by Gasteiger charge is -2.12. The molecule has 122 valence electrons. The van der Waals surface area contributed by atoms with Crippen LogP contribution in [0.5, 0.6) is 0 Å². The first-order valence-corrected chi connectivity index (χ1v) is 9.36. The molecule has 0 spiro atoms. The van der Waals surface area contributed by atoms with E-state index >= 15 is 0 Å². The fourth-order valence-corrected chi connectivity index (χ4v) is 4.53. The first-order chi connectivity index (χ1) is 10.8. The Morgan fingerprint density at radius 2 is 2.04 bits per heavy atom. The van der Waals surface area contributed by atoms with Gasteiger partial charge >= 0.3 is 0 Å². The molecule has 1 atom stereocenters. The highest BCUT2D eigenvalue weighted by molar-refractivity contribution is 7.83. The van der Waals surface area contributed by atoms with Gasteiger partial charge in [-0.3, -0.25) is 4.72 Å². The van der Waals surface area contributed by atoms with E-state index in [1.54, 1.807) is 11.3 Å². The first kappa shape index (κ1) is 17.6. The molecule has 2 aromatic rings. The Hall–Kier alpha value is -1.72. The highest BCUT2D eigenvalue weighted by Crippen LogP contribution is 2.17. The van der Waals surface area contributed by atoms with Gasteiger partial charge in [0.25, 0.3) is 0 Å². The van der Waals surface area contributed by atoms with Crippen LogP contribution in [0.15, 0.2) is 35.2 Å². The normalized spacial score (nSPS) is 14.6. The van der Waals surface area contributed by atoms with Crippen molar-refractivity contribution in [3.8, 4) is 0 Å². The van der Waals surface area contributed by atoms with Crippen LogP contribution in [0.1, 0.15) is 30.0 Å². The lowest BCUT2D eigenvalue weighted by Crippen LogP contribution is -2.30. The quantitative estimate of drug-likeness (QED) is 0.925. The minimum atomic E-state index is -1.34. The summed E-state index contributed by atoms with van der Waals surface area (Å²) < 4.78 is 17.0. The smallest absolute Gasteiger partial charge is 0.150 e. The molecule has 3 nitrogen and oxygen atoms in total. The fraction of sp³-hybridized carbons (Fsp3) is 0.278. The maximum absolute atomic E-state index is 12.8. The van der Waals surface area contributed by atoms with Crippen LogP contribution in [-0.4, -0.2) is 9.19 Å². The topological polar surface area (TPSA) is 42.0 Å². The number of hydrogen-bond donors (Lipinski definition) is 1. The average molecular weight is 347 g/mol. The van der Waals surface area contributed by atoms with Gasteiger partial charge in [-0.25, -0.2) is 9.19 Å². The van der Waals surface area contributed by atoms with E-state index in [2.05, 4.69) is 16.3 Å². The number of thiazole rings is 1. The molecule has 0 aliphatic carbocycles. The summed E-state index contributed by atoms with van der Waals surface area (Å²) in [5.74, 6) is 0. The summed E-state index contributed by atoms with van der Waals surface area (Å²) in [4.78, 5) is 5.30. The number of rotatable bonds is 4. The minimum Gasteiger partial charge on any atom is -0.299 e. The molecule has 0 bridgehead atoms. The van der Waals surface area contributed by atoms with Gasteiger partial charge in [0.15, 0.2) is 11.0 Å². The van der Waals surface area contributed by atoms with Gasteiger partial charge in [-0.2, -0.15) is 0 Å². The van der Waals surface area contributed by atoms with Crippen molar-refractivity contribution in [1.82, 2.24) is 9.71 Å². The monoisotopic (exact) mass is 346 g/mol. The molecular weight excluding hydrogens is 324 g/mol. The van der Waals surface area contributed by atoms with Crippen molar-refractivity contribution in [3.05, 3.63) is 56.4 Å². The van der Waals surface area contributed by atoms with E-state index in [1.165, 1.54) is 0 Å². The number of nitrogens with one attached hydrogen (secondary N) is 1. The van der Waals surface area contributed by atoms with Crippen LogP contribution in [0, 0.1) is 20.8 Å². The number of aromatic nitrogens is 1. The van der Waals surface area contributed by atoms with Gasteiger partial charge < -0.3 is 0 Å². The molecule has 0 aliphatic heterocycles. The molecule has 1 unspecified atom stereocenters. The Morgan fingerprint density at radius 3 is 2.65 bits per heavy atom. The summed E-state index contributed by atoms with van der Waals surface area (Å²) in [6, 6.07) is 5.85. The van der Waals surface area contributed by atoms with Crippen molar-refractivity contribution in [2.75, 3.05) is 0 Å². The van der Waals surface area contributed by atoms with E-state index in [9.17, 15) is 4.21 Å². The molecule has 0 amide bonds. The SMILES string of the molecule is C=C(C)/C(NS(=O)c1cccc(C)c1C)=c1/sc(C)n/c1=C/C. The first-order valence-electron chi connectivity index (χ1n) is 7.39. The van der Waals surface area contributed by atoms with Crippen LogP contribution in [0.4, 0.5) is 0 Å². The largest absolute Gasteiger partial charge is 0.299 e. The van der Waals surface area contributed by atoms with Gasteiger partial charge in [0.05, 0.1) is 25.5 Å². The highest BCUT2D eigenvalue weighted by Gasteiger charge is 2.12. The minimum absolute atomic E-state index is 0.794. The number of benzene rings is 1. The summed E-state index contributed by atoms with van der Waals surface area (Å²) in [5.41, 5.74) is 3.81. The summed E-state index contributed by atoms with van der Waals surface area (Å²) >= 11 is 1.58. The lowest BCUT2D eigenvalue weighted by molar-refractivity contribution is 0.679. The number of nitrogens with zero attached hydrogens (tertiary/aromatic N) is 1. The molecule has 0 saturated heterocycles. The molecule has 0 saturated carbocycles. The Balaban J connectivity index is 2.56. The molecule has 0 radical (unpaired) electrons. The van der Waals surface area contributed by atoms with Crippen molar-refractivity contribution in [1.29, 1.82) is 0 Å².